The Labute approximate surface area is 171 Å². The predicted molar refractivity (Wildman–Crippen MR) is 107 cm³/mol. The zero-order valence-electron chi connectivity index (χ0n) is 16.4. The molecule has 4 rings (SSSR count). The topological polar surface area (TPSA) is 62.9 Å². The van der Waals surface area contributed by atoms with E-state index in [9.17, 15) is 13.9 Å². The maximum absolute atomic E-state index is 12.7. The number of ether oxygens (including phenoxy) is 1. The summed E-state index contributed by atoms with van der Waals surface area (Å²) in [6.07, 6.45) is 5.70. The van der Waals surface area contributed by atoms with E-state index in [4.69, 9.17) is 0 Å². The van der Waals surface area contributed by atoms with Gasteiger partial charge in [-0.25, -0.2) is 4.98 Å². The Morgan fingerprint density at radius 3 is 2.72 bits per heavy atom. The normalized spacial score (nSPS) is 16.8. The molecule has 9 heteroatoms. The van der Waals surface area contributed by atoms with Gasteiger partial charge in [0.05, 0.1) is 10.9 Å². The lowest BCUT2D eigenvalue weighted by molar-refractivity contribution is -0.0499. The summed E-state index contributed by atoms with van der Waals surface area (Å²) in [6, 6.07) is 6.75. The van der Waals surface area contributed by atoms with Crippen LogP contribution < -0.4 is 4.74 Å². The van der Waals surface area contributed by atoms with E-state index < -0.39 is 6.61 Å². The van der Waals surface area contributed by atoms with Crippen molar-refractivity contribution in [2.75, 3.05) is 7.05 Å². The molecule has 29 heavy (non-hydrogen) atoms. The number of halogens is 2. The molecule has 2 heterocycles. The smallest absolute Gasteiger partial charge is 0.387 e. The molecule has 3 aromatic rings. The van der Waals surface area contributed by atoms with E-state index in [0.717, 1.165) is 31.2 Å². The van der Waals surface area contributed by atoms with Crippen LogP contribution in [0.1, 0.15) is 54.4 Å². The van der Waals surface area contributed by atoms with Crippen molar-refractivity contribution in [2.24, 2.45) is 0 Å². The van der Waals surface area contributed by atoms with Gasteiger partial charge in [0.15, 0.2) is 0 Å². The summed E-state index contributed by atoms with van der Waals surface area (Å²) in [5, 5.41) is 15.2. The van der Waals surface area contributed by atoms with Crippen molar-refractivity contribution < 1.29 is 18.6 Å². The molecule has 1 atom stereocenters. The van der Waals surface area contributed by atoms with E-state index in [2.05, 4.69) is 19.7 Å². The first-order valence-electron chi connectivity index (χ1n) is 9.75. The molecule has 0 saturated heterocycles. The summed E-state index contributed by atoms with van der Waals surface area (Å²) < 4.78 is 31.5. The van der Waals surface area contributed by atoms with Crippen LogP contribution in [0.25, 0.3) is 4.96 Å². The fraction of sp³-hybridized carbons (Fsp3) is 0.500. The summed E-state index contributed by atoms with van der Waals surface area (Å²) in [5.74, 6) is 0.732. The van der Waals surface area contributed by atoms with E-state index >= 15 is 0 Å². The minimum absolute atomic E-state index is 0.0402. The number of hydrogen-bond acceptors (Lipinski definition) is 6. The Balaban J connectivity index is 1.78. The number of benzene rings is 1. The van der Waals surface area contributed by atoms with E-state index in [-0.39, 0.29) is 17.7 Å². The largest absolute Gasteiger partial charge is 0.492 e. The Morgan fingerprint density at radius 1 is 1.28 bits per heavy atom. The monoisotopic (exact) mass is 422 g/mol. The molecule has 0 unspecified atom stereocenters. The first kappa shape index (κ1) is 20.0. The first-order chi connectivity index (χ1) is 13.9. The highest BCUT2D eigenvalue weighted by molar-refractivity contribution is 7.17. The van der Waals surface area contributed by atoms with Gasteiger partial charge in [-0.05, 0) is 44.5 Å². The maximum atomic E-state index is 12.7. The molecule has 0 spiro atoms. The highest BCUT2D eigenvalue weighted by Gasteiger charge is 2.32. The molecule has 0 aliphatic heterocycles. The number of rotatable bonds is 6. The first-order valence-corrected chi connectivity index (χ1v) is 10.6. The molecular weight excluding hydrogens is 398 g/mol. The van der Waals surface area contributed by atoms with Gasteiger partial charge in [0.1, 0.15) is 11.6 Å². The highest BCUT2D eigenvalue weighted by atomic mass is 32.1. The second kappa shape index (κ2) is 8.23. The van der Waals surface area contributed by atoms with E-state index in [0.29, 0.717) is 21.7 Å². The zero-order chi connectivity index (χ0) is 20.5. The number of alkyl halides is 2. The lowest BCUT2D eigenvalue weighted by Crippen LogP contribution is -2.36. The van der Waals surface area contributed by atoms with Crippen molar-refractivity contribution >= 4 is 16.3 Å². The highest BCUT2D eigenvalue weighted by Crippen LogP contribution is 2.42. The lowest BCUT2D eigenvalue weighted by Gasteiger charge is -2.37. The molecule has 0 bridgehead atoms. The number of hydrogen-bond donors (Lipinski definition) is 1. The molecule has 1 fully saturated rings. The van der Waals surface area contributed by atoms with Crippen molar-refractivity contribution in [3.05, 3.63) is 40.5 Å². The Bertz CT molecular complexity index is 984. The molecule has 156 valence electrons. The lowest BCUT2D eigenvalue weighted by atomic mass is 9.92. The summed E-state index contributed by atoms with van der Waals surface area (Å²) >= 11 is 1.37. The van der Waals surface area contributed by atoms with Crippen molar-refractivity contribution in [3.8, 4) is 11.6 Å². The summed E-state index contributed by atoms with van der Waals surface area (Å²) in [4.78, 5) is 7.91. The molecule has 0 radical (unpaired) electrons. The molecule has 0 amide bonds. The third-order valence-corrected chi connectivity index (χ3v) is 6.58. The van der Waals surface area contributed by atoms with Crippen LogP contribution in [0.15, 0.2) is 24.3 Å². The molecule has 2 aromatic heterocycles. The van der Waals surface area contributed by atoms with Gasteiger partial charge in [-0.15, -0.1) is 5.10 Å². The third kappa shape index (κ3) is 4.06. The molecule has 1 N–H and O–H groups in total. The second-order valence-corrected chi connectivity index (χ2v) is 8.46. The number of aryl methyl sites for hydroxylation is 1. The van der Waals surface area contributed by atoms with Crippen LogP contribution in [-0.2, 0) is 0 Å². The minimum atomic E-state index is -2.88. The molecule has 6 nitrogen and oxygen atoms in total. The van der Waals surface area contributed by atoms with Crippen LogP contribution >= 0.6 is 11.3 Å². The van der Waals surface area contributed by atoms with E-state index in [1.165, 1.54) is 28.3 Å². The molecule has 1 aromatic carbocycles. The van der Waals surface area contributed by atoms with Crippen LogP contribution in [0.4, 0.5) is 8.78 Å². The minimum Gasteiger partial charge on any atom is -0.492 e. The van der Waals surface area contributed by atoms with Gasteiger partial charge in [0, 0.05) is 6.04 Å². The van der Waals surface area contributed by atoms with Crippen molar-refractivity contribution in [3.63, 3.8) is 0 Å². The van der Waals surface area contributed by atoms with Crippen molar-refractivity contribution in [1.82, 2.24) is 19.5 Å². The summed E-state index contributed by atoms with van der Waals surface area (Å²) in [6.45, 7) is -1.11. The molecule has 1 aliphatic rings. The third-order valence-electron chi connectivity index (χ3n) is 5.51. The van der Waals surface area contributed by atoms with Crippen LogP contribution in [0.3, 0.4) is 0 Å². The fourth-order valence-electron chi connectivity index (χ4n) is 4.16. The van der Waals surface area contributed by atoms with Crippen LogP contribution in [-0.4, -0.2) is 44.3 Å². The van der Waals surface area contributed by atoms with Crippen molar-refractivity contribution in [2.45, 2.75) is 57.7 Å². The number of aromatic nitrogens is 3. The predicted octanol–water partition coefficient (Wildman–Crippen LogP) is 4.76. The zero-order valence-corrected chi connectivity index (χ0v) is 17.2. The SMILES string of the molecule is Cc1nc2sc([C@H](c3cccc(OC(F)F)c3)N(C)C3CCCCC3)c(O)n2n1. The standard InChI is InChI=1S/C20H24F2N4O2S/c1-12-23-20-26(24-12)18(27)17(29-20)16(25(2)14-8-4-3-5-9-14)13-7-6-10-15(11-13)28-19(21)22/h6-7,10-11,14,16,19,27H,3-5,8-9H2,1-2H3/t16-/m0/s1. The second-order valence-electron chi connectivity index (χ2n) is 7.45. The Morgan fingerprint density at radius 2 is 2.03 bits per heavy atom. The van der Waals surface area contributed by atoms with Crippen LogP contribution in [0.5, 0.6) is 11.6 Å². The molecular formula is C20H24F2N4O2S. The number of aromatic hydroxyl groups is 1. The van der Waals surface area contributed by atoms with E-state index in [1.54, 1.807) is 19.1 Å². The number of fused-ring (bicyclic) bond motifs is 1. The van der Waals surface area contributed by atoms with Gasteiger partial charge in [-0.1, -0.05) is 42.7 Å². The van der Waals surface area contributed by atoms with Gasteiger partial charge in [0.2, 0.25) is 10.8 Å². The maximum Gasteiger partial charge on any atom is 0.387 e. The van der Waals surface area contributed by atoms with Crippen LogP contribution in [0, 0.1) is 6.92 Å². The molecule has 1 aliphatic carbocycles. The van der Waals surface area contributed by atoms with E-state index in [1.807, 2.05) is 13.1 Å². The fourth-order valence-corrected chi connectivity index (χ4v) is 5.34. The van der Waals surface area contributed by atoms with Gasteiger partial charge < -0.3 is 9.84 Å². The van der Waals surface area contributed by atoms with Crippen LogP contribution in [0.2, 0.25) is 0 Å². The average Bonchev–Trinajstić information content (AvgIpc) is 3.20. The number of thiazole rings is 1. The average molecular weight is 423 g/mol. The Kier molecular flexibility index (Phi) is 5.69. The summed E-state index contributed by atoms with van der Waals surface area (Å²) in [5.41, 5.74) is 0.785. The van der Waals surface area contributed by atoms with Gasteiger partial charge >= 0.3 is 6.61 Å². The summed E-state index contributed by atoms with van der Waals surface area (Å²) in [7, 11) is 2.03. The molecule has 1 saturated carbocycles. The van der Waals surface area contributed by atoms with Crippen molar-refractivity contribution in [1.29, 1.82) is 0 Å². The van der Waals surface area contributed by atoms with Gasteiger partial charge in [0.25, 0.3) is 0 Å². The Hall–Kier alpha value is -2.26. The van der Waals surface area contributed by atoms with Gasteiger partial charge in [-0.3, -0.25) is 4.90 Å². The number of nitrogens with zero attached hydrogens (tertiary/aromatic N) is 4. The quantitative estimate of drug-likeness (QED) is 0.621. The van der Waals surface area contributed by atoms with Gasteiger partial charge in [-0.2, -0.15) is 13.3 Å².